The lowest BCUT2D eigenvalue weighted by molar-refractivity contribution is -0.118. The molecule has 1 unspecified atom stereocenters. The molecule has 0 saturated carbocycles. The minimum absolute atomic E-state index is 0.118. The Balaban J connectivity index is 1.85. The summed E-state index contributed by atoms with van der Waals surface area (Å²) in [6, 6.07) is 15.8. The first-order chi connectivity index (χ1) is 15.0. The molecule has 2 aromatic carbocycles. The largest absolute Gasteiger partial charge is 0.447 e. The number of hydrogen-bond acceptors (Lipinski definition) is 6. The van der Waals surface area contributed by atoms with Crippen LogP contribution < -0.4 is 9.64 Å². The van der Waals surface area contributed by atoms with Crippen molar-refractivity contribution < 1.29 is 9.53 Å². The number of aryl methyl sites for hydroxylation is 1. The molecule has 1 aromatic heterocycles. The molecule has 0 bridgehead atoms. The smallest absolute Gasteiger partial charge is 0.247 e. The lowest BCUT2D eigenvalue weighted by Crippen LogP contribution is -2.36. The van der Waals surface area contributed by atoms with Crippen LogP contribution in [0.2, 0.25) is 0 Å². The maximum Gasteiger partial charge on any atom is 0.247 e. The van der Waals surface area contributed by atoms with Gasteiger partial charge in [0, 0.05) is 23.8 Å². The summed E-state index contributed by atoms with van der Waals surface area (Å²) in [5.74, 6) is 1.67. The molecule has 7 heteroatoms. The number of benzene rings is 2. The maximum absolute atomic E-state index is 12.8. The van der Waals surface area contributed by atoms with Gasteiger partial charge < -0.3 is 4.74 Å². The van der Waals surface area contributed by atoms with E-state index in [1.807, 2.05) is 36.4 Å². The second kappa shape index (κ2) is 9.06. The van der Waals surface area contributed by atoms with Crippen LogP contribution >= 0.6 is 11.8 Å². The predicted molar refractivity (Wildman–Crippen MR) is 123 cm³/mol. The summed E-state index contributed by atoms with van der Waals surface area (Å²) in [6.45, 7) is 7.96. The van der Waals surface area contributed by atoms with Crippen LogP contribution in [0.25, 0.3) is 11.3 Å². The lowest BCUT2D eigenvalue weighted by atomic mass is 10.1. The Kier molecular flexibility index (Phi) is 6.23. The monoisotopic (exact) mass is 434 g/mol. The standard InChI is InChI=1S/C24H26N4O2S/c1-5-17-10-12-18(13-11-17)23-28(16(4)29)20-9-7-6-8-19(20)21-22(30-23)25-24(27-26-21)31-14-15(2)3/h6-13,15,23H,5,14H2,1-4H3. The normalized spacial score (nSPS) is 15.1. The second-order valence-corrected chi connectivity index (χ2v) is 8.91. The Morgan fingerprint density at radius 1 is 1.13 bits per heavy atom. The van der Waals surface area contributed by atoms with Crippen LogP contribution in [-0.2, 0) is 11.2 Å². The van der Waals surface area contributed by atoms with E-state index in [0.29, 0.717) is 22.6 Å². The fourth-order valence-electron chi connectivity index (χ4n) is 3.49. The SMILES string of the molecule is CCc1ccc(C2Oc3nc(SCC(C)C)nnc3-c3ccccc3N2C(C)=O)cc1. The molecule has 6 nitrogen and oxygen atoms in total. The van der Waals surface area contributed by atoms with Crippen LogP contribution in [0.4, 0.5) is 5.69 Å². The number of nitrogens with zero attached hydrogens (tertiary/aromatic N) is 4. The number of carbonyl (C=O) groups excluding carboxylic acids is 1. The molecular weight excluding hydrogens is 408 g/mol. The molecule has 0 N–H and O–H groups in total. The highest BCUT2D eigenvalue weighted by Crippen LogP contribution is 2.43. The van der Waals surface area contributed by atoms with Crippen LogP contribution in [0.5, 0.6) is 5.88 Å². The molecule has 0 spiro atoms. The quantitative estimate of drug-likeness (QED) is 0.508. The average Bonchev–Trinajstić information content (AvgIpc) is 2.92. The summed E-state index contributed by atoms with van der Waals surface area (Å²) in [5, 5.41) is 9.34. The number of rotatable bonds is 5. The van der Waals surface area contributed by atoms with Crippen molar-refractivity contribution in [3.05, 3.63) is 59.7 Å². The molecule has 2 heterocycles. The van der Waals surface area contributed by atoms with Crippen LogP contribution in [0.3, 0.4) is 0 Å². The van der Waals surface area contributed by atoms with Gasteiger partial charge in [-0.05, 0) is 24.0 Å². The number of hydrogen-bond donors (Lipinski definition) is 0. The third kappa shape index (κ3) is 4.42. The Hall–Kier alpha value is -2.93. The number of ether oxygens (including phenoxy) is 1. The zero-order valence-corrected chi connectivity index (χ0v) is 19.0. The number of aromatic nitrogens is 3. The topological polar surface area (TPSA) is 68.2 Å². The van der Waals surface area contributed by atoms with Crippen molar-refractivity contribution in [3.8, 4) is 17.1 Å². The van der Waals surface area contributed by atoms with Crippen LogP contribution in [0, 0.1) is 5.92 Å². The first-order valence-electron chi connectivity index (χ1n) is 10.5. The van der Waals surface area contributed by atoms with E-state index in [4.69, 9.17) is 4.74 Å². The van der Waals surface area contributed by atoms with Gasteiger partial charge in [0.05, 0.1) is 5.69 Å². The lowest BCUT2D eigenvalue weighted by Gasteiger charge is -2.30. The van der Waals surface area contributed by atoms with Gasteiger partial charge in [0.1, 0.15) is 0 Å². The van der Waals surface area contributed by atoms with Gasteiger partial charge in [-0.2, -0.15) is 4.98 Å². The van der Waals surface area contributed by atoms with Crippen LogP contribution in [0.1, 0.15) is 45.0 Å². The first kappa shape index (κ1) is 21.3. The molecule has 1 atom stereocenters. The van der Waals surface area contributed by atoms with Crippen molar-refractivity contribution in [3.63, 3.8) is 0 Å². The van der Waals surface area contributed by atoms with Gasteiger partial charge in [-0.15, -0.1) is 10.2 Å². The Morgan fingerprint density at radius 2 is 1.87 bits per heavy atom. The van der Waals surface area contributed by atoms with Gasteiger partial charge in [-0.25, -0.2) is 0 Å². The van der Waals surface area contributed by atoms with E-state index in [1.54, 1.807) is 23.6 Å². The highest BCUT2D eigenvalue weighted by molar-refractivity contribution is 7.99. The summed E-state index contributed by atoms with van der Waals surface area (Å²) < 4.78 is 6.40. The van der Waals surface area contributed by atoms with Crippen LogP contribution in [0.15, 0.2) is 53.7 Å². The van der Waals surface area contributed by atoms with E-state index in [9.17, 15) is 4.79 Å². The van der Waals surface area contributed by atoms with Crippen molar-refractivity contribution in [1.29, 1.82) is 0 Å². The zero-order chi connectivity index (χ0) is 22.0. The van der Waals surface area contributed by atoms with Crippen molar-refractivity contribution in [2.75, 3.05) is 10.7 Å². The minimum Gasteiger partial charge on any atom is -0.447 e. The number of amides is 1. The molecule has 1 aliphatic rings. The molecule has 31 heavy (non-hydrogen) atoms. The Morgan fingerprint density at radius 3 is 2.55 bits per heavy atom. The van der Waals surface area contributed by atoms with Gasteiger partial charge >= 0.3 is 0 Å². The van der Waals surface area contributed by atoms with E-state index in [2.05, 4.69) is 48.1 Å². The number of fused-ring (bicyclic) bond motifs is 3. The highest BCUT2D eigenvalue weighted by Gasteiger charge is 2.34. The molecule has 0 saturated heterocycles. The maximum atomic E-state index is 12.8. The van der Waals surface area contributed by atoms with Crippen molar-refractivity contribution in [1.82, 2.24) is 15.2 Å². The van der Waals surface area contributed by atoms with Crippen LogP contribution in [-0.4, -0.2) is 26.8 Å². The highest BCUT2D eigenvalue weighted by atomic mass is 32.2. The first-order valence-corrected chi connectivity index (χ1v) is 11.5. The van der Waals surface area contributed by atoms with Gasteiger partial charge in [-0.3, -0.25) is 9.69 Å². The Bertz CT molecular complexity index is 1090. The van der Waals surface area contributed by atoms with E-state index in [-0.39, 0.29) is 5.91 Å². The van der Waals surface area contributed by atoms with E-state index in [0.717, 1.165) is 29.0 Å². The average molecular weight is 435 g/mol. The molecule has 0 radical (unpaired) electrons. The summed E-state index contributed by atoms with van der Waals surface area (Å²) in [6.07, 6.45) is 0.298. The van der Waals surface area contributed by atoms with Crippen molar-refractivity contribution >= 4 is 23.4 Å². The minimum atomic E-state index is -0.648. The Labute approximate surface area is 187 Å². The number of carbonyl (C=O) groups is 1. The molecule has 160 valence electrons. The predicted octanol–water partition coefficient (Wildman–Crippen LogP) is 5.29. The van der Waals surface area contributed by atoms with Crippen molar-refractivity contribution in [2.24, 2.45) is 5.92 Å². The van der Waals surface area contributed by atoms with Gasteiger partial charge in [0.15, 0.2) is 5.69 Å². The summed E-state index contributed by atoms with van der Waals surface area (Å²) in [4.78, 5) is 19.1. The molecule has 0 fully saturated rings. The number of thioether (sulfide) groups is 1. The third-order valence-corrected chi connectivity index (χ3v) is 6.33. The fourth-order valence-corrected chi connectivity index (χ4v) is 4.22. The second-order valence-electron chi connectivity index (χ2n) is 7.92. The molecule has 0 aliphatic carbocycles. The van der Waals surface area contributed by atoms with Gasteiger partial charge in [0.2, 0.25) is 23.2 Å². The van der Waals surface area contributed by atoms with Gasteiger partial charge in [-0.1, -0.05) is 75.0 Å². The summed E-state index contributed by atoms with van der Waals surface area (Å²) in [5.41, 5.74) is 4.16. The van der Waals surface area contributed by atoms with E-state index in [1.165, 1.54) is 5.56 Å². The number of anilines is 1. The van der Waals surface area contributed by atoms with Gasteiger partial charge in [0.25, 0.3) is 0 Å². The number of para-hydroxylation sites is 1. The van der Waals surface area contributed by atoms with Crippen molar-refractivity contribution in [2.45, 2.75) is 45.5 Å². The molecule has 1 aliphatic heterocycles. The van der Waals surface area contributed by atoms with E-state index < -0.39 is 6.23 Å². The fraction of sp³-hybridized carbons (Fsp3) is 0.333. The summed E-state index contributed by atoms with van der Waals surface area (Å²) in [7, 11) is 0. The molecular formula is C24H26N4O2S. The van der Waals surface area contributed by atoms with E-state index >= 15 is 0 Å². The molecule has 1 amide bonds. The summed E-state index contributed by atoms with van der Waals surface area (Å²) >= 11 is 1.55. The molecule has 4 rings (SSSR count). The zero-order valence-electron chi connectivity index (χ0n) is 18.2. The molecule has 3 aromatic rings. The third-order valence-electron chi connectivity index (χ3n) is 5.07.